The van der Waals surface area contributed by atoms with E-state index in [1.165, 1.54) is 7.11 Å². The molecule has 1 aliphatic rings. The maximum absolute atomic E-state index is 14.1. The molecule has 1 fully saturated rings. The molecule has 0 spiro atoms. The molecule has 1 saturated carbocycles. The Labute approximate surface area is 282 Å². The number of ether oxygens (including phenoxy) is 1. The molecule has 0 saturated heterocycles. The zero-order chi connectivity index (χ0) is 33.7. The van der Waals surface area contributed by atoms with Crippen molar-refractivity contribution >= 4 is 5.78 Å². The maximum Gasteiger partial charge on any atom is 0.316 e. The number of nitrogens with one attached hydrogen (secondary N) is 1. The minimum atomic E-state index is -0.383. The van der Waals surface area contributed by atoms with Gasteiger partial charge in [0.1, 0.15) is 17.4 Å². The molecule has 1 aliphatic carbocycles. The summed E-state index contributed by atoms with van der Waals surface area (Å²) in [5.74, 6) is 1.81. The van der Waals surface area contributed by atoms with Gasteiger partial charge in [0.2, 0.25) is 0 Å². The van der Waals surface area contributed by atoms with Crippen molar-refractivity contribution in [3.8, 4) is 28.7 Å². The van der Waals surface area contributed by atoms with Crippen molar-refractivity contribution in [2.45, 2.75) is 84.0 Å². The fourth-order valence-electron chi connectivity index (χ4n) is 6.75. The van der Waals surface area contributed by atoms with Gasteiger partial charge in [-0.2, -0.15) is 5.10 Å². The Morgan fingerprint density at radius 1 is 0.938 bits per heavy atom. The quantitative estimate of drug-likeness (QED) is 0.160. The number of methoxy groups -OCH3 is 1. The SMILES string of the molecule is COc1ncc(-c2ccnc(C(C(=O)CCc3ccccc3)C3CCC(Cc4ncc(C(C)(C)C)c(-c5[nH]ncc5C)n4)CC3)n2)cn1. The Morgan fingerprint density at radius 3 is 2.35 bits per heavy atom. The number of nitrogens with zero attached hydrogens (tertiary/aromatic N) is 7. The molecule has 4 aromatic heterocycles. The summed E-state index contributed by atoms with van der Waals surface area (Å²) in [5.41, 5.74) is 6.54. The third-order valence-corrected chi connectivity index (χ3v) is 9.46. The van der Waals surface area contributed by atoms with E-state index in [2.05, 4.69) is 65.0 Å². The van der Waals surface area contributed by atoms with Crippen LogP contribution < -0.4 is 4.74 Å². The molecule has 48 heavy (non-hydrogen) atoms. The number of rotatable bonds is 11. The van der Waals surface area contributed by atoms with E-state index in [0.717, 1.165) is 71.6 Å². The van der Waals surface area contributed by atoms with Gasteiger partial charge in [-0.15, -0.1) is 0 Å². The second-order valence-electron chi connectivity index (χ2n) is 13.9. The number of aryl methyl sites for hydroxylation is 2. The Bertz CT molecular complexity index is 1820. The molecule has 1 atom stereocenters. The first-order chi connectivity index (χ1) is 23.2. The average molecular weight is 645 g/mol. The predicted molar refractivity (Wildman–Crippen MR) is 184 cm³/mol. The topological polar surface area (TPSA) is 132 Å². The molecular formula is C38H44N8O2. The van der Waals surface area contributed by atoms with Gasteiger partial charge in [0.15, 0.2) is 0 Å². The molecule has 0 amide bonds. The van der Waals surface area contributed by atoms with Crippen molar-refractivity contribution in [2.75, 3.05) is 7.11 Å². The summed E-state index contributed by atoms with van der Waals surface area (Å²) < 4.78 is 5.12. The Kier molecular flexibility index (Phi) is 9.98. The summed E-state index contributed by atoms with van der Waals surface area (Å²) in [6.07, 6.45) is 14.7. The first-order valence-electron chi connectivity index (χ1n) is 16.8. The van der Waals surface area contributed by atoms with E-state index in [9.17, 15) is 4.79 Å². The van der Waals surface area contributed by atoms with Crippen LogP contribution in [0.5, 0.6) is 6.01 Å². The second-order valence-corrected chi connectivity index (χ2v) is 13.9. The van der Waals surface area contributed by atoms with Crippen molar-refractivity contribution in [3.63, 3.8) is 0 Å². The molecule has 1 unspecified atom stereocenters. The molecule has 10 nitrogen and oxygen atoms in total. The van der Waals surface area contributed by atoms with E-state index in [0.29, 0.717) is 36.3 Å². The summed E-state index contributed by atoms with van der Waals surface area (Å²) in [4.78, 5) is 42.1. The van der Waals surface area contributed by atoms with Crippen LogP contribution in [0.25, 0.3) is 22.6 Å². The number of Topliss-reactive ketones (excluding diaryl/α,β-unsaturated/α-hetero) is 1. The van der Waals surface area contributed by atoms with Gasteiger partial charge in [-0.3, -0.25) is 9.89 Å². The van der Waals surface area contributed by atoms with E-state index < -0.39 is 0 Å². The highest BCUT2D eigenvalue weighted by Crippen LogP contribution is 2.40. The van der Waals surface area contributed by atoms with Crippen molar-refractivity contribution in [3.05, 3.63) is 95.7 Å². The summed E-state index contributed by atoms with van der Waals surface area (Å²) >= 11 is 0. The first-order valence-corrected chi connectivity index (χ1v) is 16.8. The van der Waals surface area contributed by atoms with Crippen LogP contribution in [0.15, 0.2) is 67.4 Å². The number of carbonyl (C=O) groups excluding carboxylic acids is 1. The first kappa shape index (κ1) is 33.1. The minimum absolute atomic E-state index is 0.106. The van der Waals surface area contributed by atoms with Crippen LogP contribution in [-0.2, 0) is 23.1 Å². The lowest BCUT2D eigenvalue weighted by molar-refractivity contribution is -0.122. The average Bonchev–Trinajstić information content (AvgIpc) is 3.54. The minimum Gasteiger partial charge on any atom is -0.467 e. The number of hydrogen-bond donors (Lipinski definition) is 1. The summed E-state index contributed by atoms with van der Waals surface area (Å²) in [5, 5.41) is 7.41. The lowest BCUT2D eigenvalue weighted by Gasteiger charge is -2.32. The van der Waals surface area contributed by atoms with Gasteiger partial charge < -0.3 is 4.74 Å². The number of benzene rings is 1. The second kappa shape index (κ2) is 14.5. The normalized spacial score (nSPS) is 17.2. The van der Waals surface area contributed by atoms with Gasteiger partial charge in [-0.1, -0.05) is 51.1 Å². The Balaban J connectivity index is 1.21. The molecule has 6 rings (SSSR count). The van der Waals surface area contributed by atoms with Crippen molar-refractivity contribution < 1.29 is 9.53 Å². The van der Waals surface area contributed by atoms with Crippen LogP contribution in [0.1, 0.15) is 87.1 Å². The predicted octanol–water partition coefficient (Wildman–Crippen LogP) is 7.06. The lowest BCUT2D eigenvalue weighted by Crippen LogP contribution is -2.29. The van der Waals surface area contributed by atoms with Crippen LogP contribution in [0.3, 0.4) is 0 Å². The molecule has 0 bridgehead atoms. The number of aromatic amines is 1. The summed E-state index contributed by atoms with van der Waals surface area (Å²) in [6.45, 7) is 8.60. The van der Waals surface area contributed by atoms with Gasteiger partial charge in [0.25, 0.3) is 0 Å². The van der Waals surface area contributed by atoms with Crippen molar-refractivity contribution in [2.24, 2.45) is 11.8 Å². The van der Waals surface area contributed by atoms with Crippen LogP contribution in [0.4, 0.5) is 0 Å². The van der Waals surface area contributed by atoms with Gasteiger partial charge in [0, 0.05) is 48.8 Å². The van der Waals surface area contributed by atoms with E-state index in [1.54, 1.807) is 18.6 Å². The summed E-state index contributed by atoms with van der Waals surface area (Å²) in [7, 11) is 1.53. The highest BCUT2D eigenvalue weighted by Gasteiger charge is 2.35. The number of H-pyrrole nitrogens is 1. The van der Waals surface area contributed by atoms with Gasteiger partial charge in [0.05, 0.1) is 36.3 Å². The third kappa shape index (κ3) is 7.64. The van der Waals surface area contributed by atoms with E-state index >= 15 is 0 Å². The van der Waals surface area contributed by atoms with Crippen LogP contribution in [0, 0.1) is 18.8 Å². The third-order valence-electron chi connectivity index (χ3n) is 9.46. The number of hydrogen-bond acceptors (Lipinski definition) is 9. The zero-order valence-corrected chi connectivity index (χ0v) is 28.5. The van der Waals surface area contributed by atoms with Crippen molar-refractivity contribution in [1.82, 2.24) is 40.1 Å². The molecule has 1 N–H and O–H groups in total. The number of carbonyl (C=O) groups is 1. The number of aromatic nitrogens is 8. The van der Waals surface area contributed by atoms with E-state index in [-0.39, 0.29) is 23.0 Å². The monoisotopic (exact) mass is 644 g/mol. The number of ketones is 1. The molecule has 1 aromatic carbocycles. The van der Waals surface area contributed by atoms with Gasteiger partial charge in [-0.25, -0.2) is 29.9 Å². The van der Waals surface area contributed by atoms with E-state index in [4.69, 9.17) is 19.7 Å². The molecule has 10 heteroatoms. The molecule has 0 radical (unpaired) electrons. The highest BCUT2D eigenvalue weighted by atomic mass is 16.5. The highest BCUT2D eigenvalue weighted by molar-refractivity contribution is 5.85. The van der Waals surface area contributed by atoms with Crippen LogP contribution in [-0.4, -0.2) is 53.0 Å². The molecule has 4 heterocycles. The Morgan fingerprint density at radius 2 is 1.69 bits per heavy atom. The van der Waals surface area contributed by atoms with E-state index in [1.807, 2.05) is 36.7 Å². The molecule has 0 aliphatic heterocycles. The van der Waals surface area contributed by atoms with Crippen LogP contribution in [0.2, 0.25) is 0 Å². The molecular weight excluding hydrogens is 600 g/mol. The smallest absolute Gasteiger partial charge is 0.316 e. The summed E-state index contributed by atoms with van der Waals surface area (Å²) in [6, 6.07) is 12.3. The standard InChI is InChI=1S/C38H44N8O2/c1-24-20-43-46-34(24)35-29(38(2,3)4)23-40-32(45-35)19-26-11-14-27(15-12-26)33(31(47)16-13-25-9-7-6-8-10-25)36-39-18-17-30(44-36)28-21-41-37(48-5)42-22-28/h6-10,17-18,20-23,26-27,33H,11-16,19H2,1-5H3,(H,43,46). The van der Waals surface area contributed by atoms with Crippen LogP contribution >= 0.6 is 0 Å². The Hall–Kier alpha value is -4.86. The zero-order valence-electron chi connectivity index (χ0n) is 28.5. The molecule has 248 valence electrons. The van der Waals surface area contributed by atoms with Gasteiger partial charge in [-0.05, 0) is 73.5 Å². The fourth-order valence-corrected chi connectivity index (χ4v) is 6.75. The molecule has 5 aromatic rings. The lowest BCUT2D eigenvalue weighted by atomic mass is 9.72. The van der Waals surface area contributed by atoms with Gasteiger partial charge >= 0.3 is 6.01 Å². The van der Waals surface area contributed by atoms with Crippen molar-refractivity contribution in [1.29, 1.82) is 0 Å². The largest absolute Gasteiger partial charge is 0.467 e. The maximum atomic E-state index is 14.1. The fraction of sp³-hybridized carbons (Fsp3) is 0.421.